The third-order valence-electron chi connectivity index (χ3n) is 3.21. The van der Waals surface area contributed by atoms with Gasteiger partial charge in [0.25, 0.3) is 0 Å². The molecule has 0 aliphatic heterocycles. The van der Waals surface area contributed by atoms with Crippen LogP contribution in [0.1, 0.15) is 22.9 Å². The molecule has 0 radical (unpaired) electrons. The third-order valence-corrected chi connectivity index (χ3v) is 3.80. The van der Waals surface area contributed by atoms with E-state index in [9.17, 15) is 0 Å². The van der Waals surface area contributed by atoms with Gasteiger partial charge >= 0.3 is 0 Å². The molecule has 19 heavy (non-hydrogen) atoms. The number of aromatic nitrogens is 2. The molecule has 0 saturated carbocycles. The fraction of sp³-hybridized carbons (Fsp3) is 0.357. The lowest BCUT2D eigenvalue weighted by Crippen LogP contribution is -2.19. The van der Waals surface area contributed by atoms with Gasteiger partial charge in [-0.2, -0.15) is 5.10 Å². The summed E-state index contributed by atoms with van der Waals surface area (Å²) in [4.78, 5) is 0. The second-order valence-electron chi connectivity index (χ2n) is 4.62. The summed E-state index contributed by atoms with van der Waals surface area (Å²) in [6, 6.07) is 5.81. The van der Waals surface area contributed by atoms with Crippen molar-refractivity contribution >= 4 is 23.2 Å². The molecule has 0 fully saturated rings. The van der Waals surface area contributed by atoms with Crippen LogP contribution in [0.3, 0.4) is 0 Å². The molecule has 1 aromatic carbocycles. The lowest BCUT2D eigenvalue weighted by Gasteiger charge is -2.16. The topological polar surface area (TPSA) is 29.9 Å². The lowest BCUT2D eigenvalue weighted by atomic mass is 9.99. The number of hydrogen-bond acceptors (Lipinski definition) is 2. The smallest absolute Gasteiger partial charge is 0.0641 e. The SMILES string of the molecule is CNC(Cc1ccc(Cl)cc1Cl)c1cn(C)nc1C. The summed E-state index contributed by atoms with van der Waals surface area (Å²) < 4.78 is 1.83. The number of rotatable bonds is 4. The fourth-order valence-electron chi connectivity index (χ4n) is 2.23. The average Bonchev–Trinajstić information content (AvgIpc) is 2.68. The molecule has 1 heterocycles. The van der Waals surface area contributed by atoms with Crippen molar-refractivity contribution in [2.75, 3.05) is 7.05 Å². The summed E-state index contributed by atoms with van der Waals surface area (Å²) >= 11 is 12.1. The highest BCUT2D eigenvalue weighted by molar-refractivity contribution is 6.35. The summed E-state index contributed by atoms with van der Waals surface area (Å²) in [6.45, 7) is 2.02. The second kappa shape index (κ2) is 5.95. The van der Waals surface area contributed by atoms with Crippen molar-refractivity contribution in [2.45, 2.75) is 19.4 Å². The molecule has 2 rings (SSSR count). The Kier molecular flexibility index (Phi) is 4.50. The van der Waals surface area contributed by atoms with Gasteiger partial charge < -0.3 is 5.32 Å². The normalized spacial score (nSPS) is 12.7. The van der Waals surface area contributed by atoms with E-state index in [0.717, 1.165) is 17.7 Å². The minimum absolute atomic E-state index is 0.187. The lowest BCUT2D eigenvalue weighted by molar-refractivity contribution is 0.588. The number of aryl methyl sites for hydroxylation is 2. The molecule has 5 heteroatoms. The number of benzene rings is 1. The van der Waals surface area contributed by atoms with E-state index >= 15 is 0 Å². The second-order valence-corrected chi connectivity index (χ2v) is 5.47. The first-order valence-electron chi connectivity index (χ1n) is 6.12. The average molecular weight is 298 g/mol. The Balaban J connectivity index is 2.26. The van der Waals surface area contributed by atoms with Gasteiger partial charge in [0.15, 0.2) is 0 Å². The summed E-state index contributed by atoms with van der Waals surface area (Å²) in [6.07, 6.45) is 2.85. The van der Waals surface area contributed by atoms with Gasteiger partial charge in [0.1, 0.15) is 0 Å². The number of halogens is 2. The Morgan fingerprint density at radius 3 is 2.63 bits per heavy atom. The van der Waals surface area contributed by atoms with Crippen molar-refractivity contribution in [1.29, 1.82) is 0 Å². The van der Waals surface area contributed by atoms with Gasteiger partial charge in [0.2, 0.25) is 0 Å². The maximum Gasteiger partial charge on any atom is 0.0641 e. The Labute approximate surface area is 123 Å². The molecule has 0 aliphatic carbocycles. The van der Waals surface area contributed by atoms with E-state index in [1.807, 2.05) is 44.0 Å². The zero-order valence-corrected chi connectivity index (χ0v) is 12.8. The zero-order chi connectivity index (χ0) is 14.0. The van der Waals surface area contributed by atoms with Gasteiger partial charge in [0.05, 0.1) is 5.69 Å². The summed E-state index contributed by atoms with van der Waals surface area (Å²) in [5, 5.41) is 9.06. The maximum absolute atomic E-state index is 6.23. The van der Waals surface area contributed by atoms with Gasteiger partial charge in [-0.3, -0.25) is 4.68 Å². The van der Waals surface area contributed by atoms with Gasteiger partial charge in [-0.1, -0.05) is 29.3 Å². The highest BCUT2D eigenvalue weighted by atomic mass is 35.5. The van der Waals surface area contributed by atoms with E-state index in [-0.39, 0.29) is 6.04 Å². The number of nitrogens with one attached hydrogen (secondary N) is 1. The largest absolute Gasteiger partial charge is 0.313 e. The van der Waals surface area contributed by atoms with Crippen LogP contribution in [0.25, 0.3) is 0 Å². The first kappa shape index (κ1) is 14.4. The minimum Gasteiger partial charge on any atom is -0.313 e. The maximum atomic E-state index is 6.23. The first-order chi connectivity index (χ1) is 9.01. The Hall–Kier alpha value is -1.03. The van der Waals surface area contributed by atoms with Crippen molar-refractivity contribution in [3.63, 3.8) is 0 Å². The molecule has 1 atom stereocenters. The van der Waals surface area contributed by atoms with Crippen LogP contribution in [-0.2, 0) is 13.5 Å². The number of nitrogens with zero attached hydrogens (tertiary/aromatic N) is 2. The molecule has 0 saturated heterocycles. The van der Waals surface area contributed by atoms with Crippen LogP contribution in [0.5, 0.6) is 0 Å². The van der Waals surface area contributed by atoms with Gasteiger partial charge in [0, 0.05) is 34.9 Å². The minimum atomic E-state index is 0.187. The summed E-state index contributed by atoms with van der Waals surface area (Å²) in [7, 11) is 3.87. The molecule has 102 valence electrons. The van der Waals surface area contributed by atoms with E-state index in [1.165, 1.54) is 5.56 Å². The molecule has 0 amide bonds. The molecule has 1 aromatic heterocycles. The zero-order valence-electron chi connectivity index (χ0n) is 11.2. The highest BCUT2D eigenvalue weighted by Crippen LogP contribution is 2.27. The predicted molar refractivity (Wildman–Crippen MR) is 79.9 cm³/mol. The quantitative estimate of drug-likeness (QED) is 0.935. The standard InChI is InChI=1S/C14H17Cl2N3/c1-9-12(8-19(3)18-9)14(17-2)6-10-4-5-11(15)7-13(10)16/h4-5,7-8,14,17H,6H2,1-3H3. The van der Waals surface area contributed by atoms with Gasteiger partial charge in [-0.05, 0) is 38.1 Å². The van der Waals surface area contributed by atoms with Crippen molar-refractivity contribution in [3.8, 4) is 0 Å². The van der Waals surface area contributed by atoms with Gasteiger partial charge in [-0.15, -0.1) is 0 Å². The van der Waals surface area contributed by atoms with E-state index in [4.69, 9.17) is 23.2 Å². The Morgan fingerprint density at radius 1 is 1.37 bits per heavy atom. The summed E-state index contributed by atoms with van der Waals surface area (Å²) in [5.41, 5.74) is 3.30. The third kappa shape index (κ3) is 3.30. The van der Waals surface area contributed by atoms with E-state index in [0.29, 0.717) is 10.0 Å². The van der Waals surface area contributed by atoms with Gasteiger partial charge in [-0.25, -0.2) is 0 Å². The van der Waals surface area contributed by atoms with Crippen LogP contribution >= 0.6 is 23.2 Å². The molecule has 1 N–H and O–H groups in total. The monoisotopic (exact) mass is 297 g/mol. The van der Waals surface area contributed by atoms with Crippen LogP contribution in [0.2, 0.25) is 10.0 Å². The first-order valence-corrected chi connectivity index (χ1v) is 6.88. The molecular formula is C14H17Cl2N3. The molecule has 2 aromatic rings. The highest BCUT2D eigenvalue weighted by Gasteiger charge is 2.16. The van der Waals surface area contributed by atoms with Crippen molar-refractivity contribution < 1.29 is 0 Å². The van der Waals surface area contributed by atoms with E-state index < -0.39 is 0 Å². The van der Waals surface area contributed by atoms with Crippen LogP contribution in [-0.4, -0.2) is 16.8 Å². The number of hydrogen-bond donors (Lipinski definition) is 1. The molecule has 3 nitrogen and oxygen atoms in total. The van der Waals surface area contributed by atoms with Crippen molar-refractivity contribution in [3.05, 3.63) is 51.3 Å². The molecule has 0 spiro atoms. The molecule has 0 aliphatic rings. The Morgan fingerprint density at radius 2 is 2.11 bits per heavy atom. The predicted octanol–water partition coefficient (Wildman–Crippen LogP) is 3.54. The van der Waals surface area contributed by atoms with Crippen LogP contribution in [0.4, 0.5) is 0 Å². The molecular weight excluding hydrogens is 281 g/mol. The molecule has 1 unspecified atom stereocenters. The van der Waals surface area contributed by atoms with E-state index in [2.05, 4.69) is 10.4 Å². The summed E-state index contributed by atoms with van der Waals surface area (Å²) in [5.74, 6) is 0. The number of likely N-dealkylation sites (N-methyl/N-ethyl adjacent to an activating group) is 1. The Bertz CT molecular complexity index is 578. The molecule has 0 bridgehead atoms. The van der Waals surface area contributed by atoms with Crippen molar-refractivity contribution in [1.82, 2.24) is 15.1 Å². The fourth-order valence-corrected chi connectivity index (χ4v) is 2.72. The van der Waals surface area contributed by atoms with Crippen LogP contribution in [0, 0.1) is 6.92 Å². The van der Waals surface area contributed by atoms with Crippen LogP contribution < -0.4 is 5.32 Å². The van der Waals surface area contributed by atoms with Crippen molar-refractivity contribution in [2.24, 2.45) is 7.05 Å². The van der Waals surface area contributed by atoms with E-state index in [1.54, 1.807) is 6.07 Å². The van der Waals surface area contributed by atoms with Crippen LogP contribution in [0.15, 0.2) is 24.4 Å².